The van der Waals surface area contributed by atoms with E-state index in [9.17, 15) is 14.0 Å². The summed E-state index contributed by atoms with van der Waals surface area (Å²) in [6.07, 6.45) is 6.03. The van der Waals surface area contributed by atoms with E-state index < -0.39 is 5.82 Å². The number of nitrogens with one attached hydrogen (secondary N) is 3. The lowest BCUT2D eigenvalue weighted by molar-refractivity contribution is 0.0776. The minimum atomic E-state index is -0.436. The molecule has 1 aromatic heterocycles. The van der Waals surface area contributed by atoms with Crippen LogP contribution in [0, 0.1) is 11.7 Å². The quantitative estimate of drug-likeness (QED) is 0.772. The van der Waals surface area contributed by atoms with Crippen molar-refractivity contribution in [3.63, 3.8) is 0 Å². The van der Waals surface area contributed by atoms with Crippen molar-refractivity contribution in [1.82, 2.24) is 20.7 Å². The van der Waals surface area contributed by atoms with Crippen LogP contribution in [0.5, 0.6) is 0 Å². The second-order valence-electron chi connectivity index (χ2n) is 7.73. The molecule has 1 amide bonds. The van der Waals surface area contributed by atoms with Gasteiger partial charge in [0, 0.05) is 42.6 Å². The molecule has 27 heavy (non-hydrogen) atoms. The Morgan fingerprint density at radius 3 is 2.85 bits per heavy atom. The molecule has 1 saturated carbocycles. The van der Waals surface area contributed by atoms with E-state index in [1.54, 1.807) is 11.9 Å². The Balaban J connectivity index is 1.57. The highest BCUT2D eigenvalue weighted by atomic mass is 19.1. The fourth-order valence-corrected chi connectivity index (χ4v) is 4.49. The lowest BCUT2D eigenvalue weighted by Crippen LogP contribution is -2.43. The van der Waals surface area contributed by atoms with Crippen molar-refractivity contribution in [2.24, 2.45) is 5.92 Å². The Kier molecular flexibility index (Phi) is 4.97. The summed E-state index contributed by atoms with van der Waals surface area (Å²) in [5.74, 6) is -0.208. The maximum atomic E-state index is 13.7. The van der Waals surface area contributed by atoms with Crippen molar-refractivity contribution in [2.75, 3.05) is 13.6 Å². The van der Waals surface area contributed by atoms with Crippen LogP contribution in [0.25, 0.3) is 10.9 Å². The number of nitrogens with zero attached hydrogens (tertiary/aromatic N) is 1. The van der Waals surface area contributed by atoms with E-state index in [0.29, 0.717) is 29.4 Å². The monoisotopic (exact) mass is 372 g/mol. The number of aromatic amines is 1. The minimum Gasteiger partial charge on any atom is -0.340 e. The molecule has 2 aliphatic rings. The molecule has 4 rings (SSSR count). The van der Waals surface area contributed by atoms with E-state index in [-0.39, 0.29) is 23.1 Å². The topological polar surface area (TPSA) is 77.2 Å². The van der Waals surface area contributed by atoms with E-state index >= 15 is 0 Å². The van der Waals surface area contributed by atoms with Gasteiger partial charge in [-0.25, -0.2) is 4.39 Å². The van der Waals surface area contributed by atoms with Gasteiger partial charge in [-0.1, -0.05) is 19.3 Å². The Bertz CT molecular complexity index is 912. The molecule has 2 fully saturated rings. The van der Waals surface area contributed by atoms with E-state index in [1.165, 1.54) is 43.5 Å². The van der Waals surface area contributed by atoms with Gasteiger partial charge in [0.25, 0.3) is 5.91 Å². The van der Waals surface area contributed by atoms with Crippen molar-refractivity contribution in [3.05, 3.63) is 46.0 Å². The molecule has 1 saturated heterocycles. The standard InChI is InChI=1S/C20H25FN4O2/c1-25(11-18-13-5-3-2-4-6-17(13)23-24-18)20(27)15-10-19(26)22-16-8-7-12(21)9-14(15)16/h7-10,13,17-18,23-24H,2-6,11H2,1H3,(H,22,26). The molecule has 1 aliphatic carbocycles. The van der Waals surface area contributed by atoms with E-state index in [2.05, 4.69) is 15.8 Å². The number of hydrazine groups is 1. The molecule has 2 aromatic rings. The predicted molar refractivity (Wildman–Crippen MR) is 102 cm³/mol. The number of rotatable bonds is 3. The molecule has 3 atom stereocenters. The first-order chi connectivity index (χ1) is 13.0. The average molecular weight is 372 g/mol. The molecule has 0 spiro atoms. The number of hydrogen-bond acceptors (Lipinski definition) is 4. The molecular weight excluding hydrogens is 347 g/mol. The third-order valence-corrected chi connectivity index (χ3v) is 5.89. The van der Waals surface area contributed by atoms with Crippen molar-refractivity contribution < 1.29 is 9.18 Å². The predicted octanol–water partition coefficient (Wildman–Crippen LogP) is 2.16. The average Bonchev–Trinajstić information content (AvgIpc) is 2.87. The first-order valence-electron chi connectivity index (χ1n) is 9.62. The summed E-state index contributed by atoms with van der Waals surface area (Å²) < 4.78 is 13.7. The summed E-state index contributed by atoms with van der Waals surface area (Å²) in [5, 5.41) is 0.427. The highest BCUT2D eigenvalue weighted by Crippen LogP contribution is 2.29. The molecule has 2 heterocycles. The van der Waals surface area contributed by atoms with Gasteiger partial charge in [0.05, 0.1) is 5.56 Å². The number of benzene rings is 1. The third-order valence-electron chi connectivity index (χ3n) is 5.89. The van der Waals surface area contributed by atoms with Gasteiger partial charge >= 0.3 is 0 Å². The molecule has 3 unspecified atom stereocenters. The van der Waals surface area contributed by atoms with Crippen molar-refractivity contribution >= 4 is 16.8 Å². The normalized spacial score (nSPS) is 25.2. The van der Waals surface area contributed by atoms with Gasteiger partial charge in [0.15, 0.2) is 0 Å². The smallest absolute Gasteiger partial charge is 0.254 e. The maximum Gasteiger partial charge on any atom is 0.254 e. The summed E-state index contributed by atoms with van der Waals surface area (Å²) in [5.41, 5.74) is 7.07. The van der Waals surface area contributed by atoms with E-state index in [4.69, 9.17) is 0 Å². The van der Waals surface area contributed by atoms with Crippen LogP contribution in [-0.2, 0) is 0 Å². The number of amides is 1. The van der Waals surface area contributed by atoms with Gasteiger partial charge in [-0.05, 0) is 37.0 Å². The SMILES string of the molecule is CN(CC1NNC2CCCCCC21)C(=O)c1cc(=O)[nH]c2ccc(F)cc12. The van der Waals surface area contributed by atoms with Crippen molar-refractivity contribution in [2.45, 2.75) is 44.2 Å². The molecule has 1 aliphatic heterocycles. The van der Waals surface area contributed by atoms with Gasteiger partial charge in [0.1, 0.15) is 5.82 Å². The van der Waals surface area contributed by atoms with Crippen molar-refractivity contribution in [3.8, 4) is 0 Å². The van der Waals surface area contributed by atoms with Gasteiger partial charge < -0.3 is 9.88 Å². The fourth-order valence-electron chi connectivity index (χ4n) is 4.49. The Morgan fingerprint density at radius 1 is 1.19 bits per heavy atom. The number of carbonyl (C=O) groups is 1. The number of aromatic nitrogens is 1. The second kappa shape index (κ2) is 7.40. The van der Waals surface area contributed by atoms with E-state index in [1.807, 2.05) is 0 Å². The highest BCUT2D eigenvalue weighted by molar-refractivity contribution is 6.05. The maximum absolute atomic E-state index is 13.7. The number of halogens is 1. The molecule has 7 heteroatoms. The lowest BCUT2D eigenvalue weighted by Gasteiger charge is -2.26. The van der Waals surface area contributed by atoms with Crippen LogP contribution in [0.4, 0.5) is 4.39 Å². The Hall–Kier alpha value is -2.25. The number of pyridine rings is 1. The van der Waals surface area contributed by atoms with Crippen LogP contribution in [0.2, 0.25) is 0 Å². The second-order valence-corrected chi connectivity index (χ2v) is 7.73. The molecule has 6 nitrogen and oxygen atoms in total. The number of hydrogen-bond donors (Lipinski definition) is 3. The van der Waals surface area contributed by atoms with E-state index in [0.717, 1.165) is 12.8 Å². The lowest BCUT2D eigenvalue weighted by atomic mass is 9.90. The van der Waals surface area contributed by atoms with Gasteiger partial charge in [0.2, 0.25) is 5.56 Å². The number of likely N-dealkylation sites (N-methyl/N-ethyl adjacent to an activating group) is 1. The van der Waals surface area contributed by atoms with Gasteiger partial charge in [-0.2, -0.15) is 0 Å². The summed E-state index contributed by atoms with van der Waals surface area (Å²) >= 11 is 0. The van der Waals surface area contributed by atoms with Crippen LogP contribution in [0.15, 0.2) is 29.1 Å². The fraction of sp³-hybridized carbons (Fsp3) is 0.500. The zero-order valence-corrected chi connectivity index (χ0v) is 15.4. The van der Waals surface area contributed by atoms with Crippen LogP contribution in [0.1, 0.15) is 42.5 Å². The largest absolute Gasteiger partial charge is 0.340 e. The first-order valence-corrected chi connectivity index (χ1v) is 9.62. The van der Waals surface area contributed by atoms with Crippen LogP contribution >= 0.6 is 0 Å². The van der Waals surface area contributed by atoms with Crippen LogP contribution in [0.3, 0.4) is 0 Å². The first kappa shape index (κ1) is 18.1. The molecule has 1 aromatic carbocycles. The number of fused-ring (bicyclic) bond motifs is 2. The number of H-pyrrole nitrogens is 1. The molecule has 0 bridgehead atoms. The zero-order chi connectivity index (χ0) is 19.0. The van der Waals surface area contributed by atoms with Gasteiger partial charge in [-0.3, -0.25) is 20.4 Å². The number of carbonyl (C=O) groups excluding carboxylic acids is 1. The molecular formula is C20H25FN4O2. The summed E-state index contributed by atoms with van der Waals surface area (Å²) in [7, 11) is 1.74. The Morgan fingerprint density at radius 2 is 2.00 bits per heavy atom. The van der Waals surface area contributed by atoms with Gasteiger partial charge in [-0.15, -0.1) is 0 Å². The van der Waals surface area contributed by atoms with Crippen molar-refractivity contribution in [1.29, 1.82) is 0 Å². The summed E-state index contributed by atoms with van der Waals surface area (Å²) in [4.78, 5) is 29.3. The van der Waals surface area contributed by atoms with Crippen LogP contribution < -0.4 is 16.4 Å². The van der Waals surface area contributed by atoms with Crippen LogP contribution in [-0.4, -0.2) is 41.5 Å². The highest BCUT2D eigenvalue weighted by Gasteiger charge is 2.37. The minimum absolute atomic E-state index is 0.173. The summed E-state index contributed by atoms with van der Waals surface area (Å²) in [6, 6.07) is 5.94. The molecule has 144 valence electrons. The molecule has 0 radical (unpaired) electrons. The molecule has 3 N–H and O–H groups in total. The third kappa shape index (κ3) is 3.61. The zero-order valence-electron chi connectivity index (χ0n) is 15.4. The Labute approximate surface area is 157 Å². The summed E-state index contributed by atoms with van der Waals surface area (Å²) in [6.45, 7) is 0.538.